The number of halogens is 1. The highest BCUT2D eigenvalue weighted by Gasteiger charge is 2.24. The van der Waals surface area contributed by atoms with E-state index in [0.717, 1.165) is 31.1 Å². The molecule has 0 radical (unpaired) electrons. The van der Waals surface area contributed by atoms with Gasteiger partial charge in [0.15, 0.2) is 5.76 Å². The number of carbonyl (C=O) groups excluding carboxylic acids is 1. The lowest BCUT2D eigenvalue weighted by Crippen LogP contribution is -2.05. The molecule has 0 unspecified atom stereocenters. The number of hydrogen-bond donors (Lipinski definition) is 1. The summed E-state index contributed by atoms with van der Waals surface area (Å²) in [4.78, 5) is 12.9. The maximum atomic E-state index is 13.4. The third kappa shape index (κ3) is 2.56. The van der Waals surface area contributed by atoms with E-state index in [2.05, 4.69) is 0 Å². The Labute approximate surface area is 144 Å². The first-order valence-corrected chi connectivity index (χ1v) is 8.30. The van der Waals surface area contributed by atoms with Crippen molar-refractivity contribution in [3.05, 3.63) is 58.6 Å². The number of nitrogen functional groups attached to an aromatic ring is 1. The summed E-state index contributed by atoms with van der Waals surface area (Å²) >= 11 is 0. The summed E-state index contributed by atoms with van der Waals surface area (Å²) in [5.41, 5.74) is 9.88. The van der Waals surface area contributed by atoms with Crippen LogP contribution in [0.4, 0.5) is 10.1 Å². The molecule has 1 aliphatic rings. The predicted molar refractivity (Wildman–Crippen MR) is 93.7 cm³/mol. The Morgan fingerprint density at radius 1 is 1.16 bits per heavy atom. The van der Waals surface area contributed by atoms with Crippen LogP contribution in [0.1, 0.15) is 40.1 Å². The van der Waals surface area contributed by atoms with Gasteiger partial charge in [-0.05, 0) is 61.1 Å². The number of carbonyl (C=O) groups is 1. The van der Waals surface area contributed by atoms with Crippen molar-refractivity contribution in [3.8, 4) is 5.75 Å². The molecule has 1 heterocycles. The van der Waals surface area contributed by atoms with Crippen molar-refractivity contribution in [2.24, 2.45) is 0 Å². The van der Waals surface area contributed by atoms with Gasteiger partial charge in [0.2, 0.25) is 5.78 Å². The zero-order valence-electron chi connectivity index (χ0n) is 13.9. The maximum absolute atomic E-state index is 13.4. The number of nitrogens with two attached hydrogens (primary N) is 1. The van der Waals surface area contributed by atoms with E-state index in [-0.39, 0.29) is 17.1 Å². The molecule has 2 N–H and O–H groups in total. The quantitative estimate of drug-likeness (QED) is 0.724. The minimum absolute atomic E-state index is 0.0715. The first-order chi connectivity index (χ1) is 12.1. The molecular formula is C20H18FNO3. The molecule has 2 aromatic carbocycles. The number of rotatable bonds is 3. The van der Waals surface area contributed by atoms with E-state index in [9.17, 15) is 9.18 Å². The normalized spacial score (nSPS) is 13.7. The molecule has 5 heteroatoms. The highest BCUT2D eigenvalue weighted by Crippen LogP contribution is 2.35. The summed E-state index contributed by atoms with van der Waals surface area (Å²) in [7, 11) is 1.39. The molecule has 4 rings (SSSR count). The van der Waals surface area contributed by atoms with Gasteiger partial charge in [-0.2, -0.15) is 0 Å². The number of aryl methyl sites for hydroxylation is 2. The van der Waals surface area contributed by atoms with Crippen LogP contribution in [-0.4, -0.2) is 12.9 Å². The van der Waals surface area contributed by atoms with Crippen LogP contribution in [-0.2, 0) is 12.8 Å². The lowest BCUT2D eigenvalue weighted by atomic mass is 9.90. The molecule has 0 aliphatic heterocycles. The second-order valence-corrected chi connectivity index (χ2v) is 6.34. The lowest BCUT2D eigenvalue weighted by Gasteiger charge is -2.14. The molecule has 128 valence electrons. The summed E-state index contributed by atoms with van der Waals surface area (Å²) in [5, 5.41) is 0.755. The van der Waals surface area contributed by atoms with Gasteiger partial charge in [-0.25, -0.2) is 4.39 Å². The van der Waals surface area contributed by atoms with Crippen molar-refractivity contribution in [1.82, 2.24) is 0 Å². The molecular weight excluding hydrogens is 321 g/mol. The number of anilines is 1. The number of benzene rings is 2. The average molecular weight is 339 g/mol. The third-order valence-electron chi connectivity index (χ3n) is 4.81. The first-order valence-electron chi connectivity index (χ1n) is 8.30. The van der Waals surface area contributed by atoms with Gasteiger partial charge in [0.1, 0.15) is 17.1 Å². The van der Waals surface area contributed by atoms with Crippen molar-refractivity contribution in [3.63, 3.8) is 0 Å². The number of hydrogen-bond acceptors (Lipinski definition) is 4. The molecule has 0 saturated heterocycles. The average Bonchev–Trinajstić information content (AvgIpc) is 2.95. The number of methoxy groups -OCH3 is 1. The fraction of sp³-hybridized carbons (Fsp3) is 0.250. The molecule has 4 nitrogen and oxygen atoms in total. The van der Waals surface area contributed by atoms with Gasteiger partial charge in [-0.3, -0.25) is 4.79 Å². The van der Waals surface area contributed by atoms with Gasteiger partial charge in [0.25, 0.3) is 0 Å². The fourth-order valence-electron chi connectivity index (χ4n) is 3.49. The number of fused-ring (bicyclic) bond motifs is 2. The smallest absolute Gasteiger partial charge is 0.234 e. The van der Waals surface area contributed by atoms with Crippen LogP contribution in [0, 0.1) is 5.82 Å². The maximum Gasteiger partial charge on any atom is 0.234 e. The van der Waals surface area contributed by atoms with Crippen molar-refractivity contribution in [2.75, 3.05) is 12.8 Å². The standard InChI is InChI=1S/C20H18FNO3/c1-24-16-10-13(21)6-7-14(16)19(23)20-18(22)15-8-11-4-2-3-5-12(11)9-17(15)25-20/h6-10H,2-5,22H2,1H3. The monoisotopic (exact) mass is 339 g/mol. The van der Waals surface area contributed by atoms with Gasteiger partial charge < -0.3 is 14.9 Å². The van der Waals surface area contributed by atoms with E-state index in [0.29, 0.717) is 11.3 Å². The van der Waals surface area contributed by atoms with Gasteiger partial charge in [0.05, 0.1) is 18.4 Å². The molecule has 3 aromatic rings. The van der Waals surface area contributed by atoms with Crippen molar-refractivity contribution >= 4 is 22.4 Å². The summed E-state index contributed by atoms with van der Waals surface area (Å²) in [6.07, 6.45) is 4.36. The summed E-state index contributed by atoms with van der Waals surface area (Å²) in [6, 6.07) is 7.78. The first kappa shape index (κ1) is 15.7. The summed E-state index contributed by atoms with van der Waals surface area (Å²) < 4.78 is 24.3. The lowest BCUT2D eigenvalue weighted by molar-refractivity contribution is 0.101. The van der Waals surface area contributed by atoms with E-state index in [1.165, 1.54) is 36.4 Å². The van der Waals surface area contributed by atoms with E-state index in [1.807, 2.05) is 12.1 Å². The molecule has 25 heavy (non-hydrogen) atoms. The van der Waals surface area contributed by atoms with Crippen LogP contribution in [0.5, 0.6) is 5.75 Å². The molecule has 0 fully saturated rings. The minimum atomic E-state index is -0.473. The third-order valence-corrected chi connectivity index (χ3v) is 4.81. The van der Waals surface area contributed by atoms with Gasteiger partial charge in [-0.15, -0.1) is 0 Å². The molecule has 0 saturated carbocycles. The van der Waals surface area contributed by atoms with E-state index < -0.39 is 11.6 Å². The van der Waals surface area contributed by atoms with E-state index in [1.54, 1.807) is 0 Å². The number of furan rings is 1. The predicted octanol–water partition coefficient (Wildman–Crippen LogP) is 4.27. The Morgan fingerprint density at radius 3 is 2.60 bits per heavy atom. The molecule has 0 amide bonds. The van der Waals surface area contributed by atoms with Crippen molar-refractivity contribution in [2.45, 2.75) is 25.7 Å². The summed E-state index contributed by atoms with van der Waals surface area (Å²) in [5.74, 6) is -0.659. The van der Waals surface area contributed by atoms with Crippen LogP contribution in [0.3, 0.4) is 0 Å². The van der Waals surface area contributed by atoms with Crippen LogP contribution in [0.2, 0.25) is 0 Å². The van der Waals surface area contributed by atoms with E-state index in [4.69, 9.17) is 14.9 Å². The van der Waals surface area contributed by atoms with Crippen LogP contribution in [0.25, 0.3) is 11.0 Å². The summed E-state index contributed by atoms with van der Waals surface area (Å²) in [6.45, 7) is 0. The van der Waals surface area contributed by atoms with Crippen molar-refractivity contribution in [1.29, 1.82) is 0 Å². The SMILES string of the molecule is COc1cc(F)ccc1C(=O)c1oc2cc3c(cc2c1N)CCCC3. The second-order valence-electron chi connectivity index (χ2n) is 6.34. The number of ketones is 1. The van der Waals surface area contributed by atoms with Gasteiger partial charge in [-0.1, -0.05) is 0 Å². The minimum Gasteiger partial charge on any atom is -0.496 e. The Hall–Kier alpha value is -2.82. The van der Waals surface area contributed by atoms with Gasteiger partial charge >= 0.3 is 0 Å². The highest BCUT2D eigenvalue weighted by atomic mass is 19.1. The Balaban J connectivity index is 1.84. The van der Waals surface area contributed by atoms with Crippen molar-refractivity contribution < 1.29 is 18.3 Å². The Kier molecular flexibility index (Phi) is 3.71. The molecule has 0 bridgehead atoms. The number of ether oxygens (including phenoxy) is 1. The topological polar surface area (TPSA) is 65.5 Å². The van der Waals surface area contributed by atoms with Crippen LogP contribution in [0.15, 0.2) is 34.7 Å². The fourth-order valence-corrected chi connectivity index (χ4v) is 3.49. The molecule has 1 aromatic heterocycles. The highest BCUT2D eigenvalue weighted by molar-refractivity contribution is 6.15. The van der Waals surface area contributed by atoms with Crippen LogP contribution < -0.4 is 10.5 Å². The largest absolute Gasteiger partial charge is 0.496 e. The molecule has 1 aliphatic carbocycles. The Bertz CT molecular complexity index is 990. The Morgan fingerprint density at radius 2 is 1.88 bits per heavy atom. The zero-order chi connectivity index (χ0) is 17.6. The van der Waals surface area contributed by atoms with Crippen LogP contribution >= 0.6 is 0 Å². The zero-order valence-corrected chi connectivity index (χ0v) is 13.9. The second kappa shape index (κ2) is 5.92. The van der Waals surface area contributed by atoms with E-state index >= 15 is 0 Å². The van der Waals surface area contributed by atoms with Gasteiger partial charge in [0, 0.05) is 11.5 Å². The molecule has 0 atom stereocenters. The molecule has 0 spiro atoms.